The number of carbonyl (C=O) groups is 1. The molecular weight excluding hydrogens is 292 g/mol. The normalized spacial score (nSPS) is 10.4. The molecule has 0 fully saturated rings. The van der Waals surface area contributed by atoms with Crippen LogP contribution in [0.15, 0.2) is 60.0 Å². The number of benzene rings is 2. The maximum absolute atomic E-state index is 11.4. The first kappa shape index (κ1) is 14.5. The van der Waals surface area contributed by atoms with E-state index in [9.17, 15) is 4.79 Å². The van der Waals surface area contributed by atoms with E-state index in [1.54, 1.807) is 17.4 Å². The van der Waals surface area contributed by atoms with Gasteiger partial charge in [-0.15, -0.1) is 11.3 Å². The molecule has 3 heteroatoms. The third-order valence-electron chi connectivity index (χ3n) is 3.39. The molecule has 1 aromatic heterocycles. The Bertz CT molecular complexity index is 775. The Kier molecular flexibility index (Phi) is 4.35. The van der Waals surface area contributed by atoms with Crippen molar-refractivity contribution >= 4 is 17.6 Å². The molecule has 22 heavy (non-hydrogen) atoms. The van der Waals surface area contributed by atoms with Gasteiger partial charge in [-0.05, 0) is 47.7 Å². The second-order valence-electron chi connectivity index (χ2n) is 5.13. The molecule has 110 valence electrons. The Morgan fingerprint density at radius 1 is 1.09 bits per heavy atom. The maximum Gasteiger partial charge on any atom is 0.150 e. The minimum Gasteiger partial charge on any atom is -0.489 e. The molecule has 0 radical (unpaired) electrons. The topological polar surface area (TPSA) is 26.3 Å². The second kappa shape index (κ2) is 6.58. The largest absolute Gasteiger partial charge is 0.489 e. The molecule has 0 bridgehead atoms. The summed E-state index contributed by atoms with van der Waals surface area (Å²) in [6, 6.07) is 17.8. The highest BCUT2D eigenvalue weighted by molar-refractivity contribution is 7.13. The first-order chi connectivity index (χ1) is 10.8. The molecule has 0 unspecified atom stereocenters. The highest BCUT2D eigenvalue weighted by Gasteiger charge is 2.08. The molecule has 0 amide bonds. The lowest BCUT2D eigenvalue weighted by molar-refractivity contribution is 0.112. The van der Waals surface area contributed by atoms with Crippen LogP contribution in [0.3, 0.4) is 0 Å². The highest BCUT2D eigenvalue weighted by atomic mass is 32.1. The van der Waals surface area contributed by atoms with Gasteiger partial charge in [0.15, 0.2) is 6.29 Å². The van der Waals surface area contributed by atoms with Gasteiger partial charge in [0.1, 0.15) is 12.4 Å². The van der Waals surface area contributed by atoms with Gasteiger partial charge in [-0.2, -0.15) is 0 Å². The van der Waals surface area contributed by atoms with Gasteiger partial charge in [0.2, 0.25) is 0 Å². The number of carbonyl (C=O) groups excluding carboxylic acids is 1. The fourth-order valence-corrected chi connectivity index (χ4v) is 3.21. The van der Waals surface area contributed by atoms with E-state index < -0.39 is 0 Å². The van der Waals surface area contributed by atoms with E-state index in [0.717, 1.165) is 22.3 Å². The van der Waals surface area contributed by atoms with Crippen LogP contribution >= 0.6 is 11.3 Å². The number of ether oxygens (including phenoxy) is 1. The number of hydrogen-bond acceptors (Lipinski definition) is 3. The summed E-state index contributed by atoms with van der Waals surface area (Å²) in [7, 11) is 0. The van der Waals surface area contributed by atoms with Crippen molar-refractivity contribution in [2.45, 2.75) is 13.5 Å². The Morgan fingerprint density at radius 3 is 2.59 bits per heavy atom. The molecule has 0 aliphatic heterocycles. The second-order valence-corrected chi connectivity index (χ2v) is 6.04. The van der Waals surface area contributed by atoms with E-state index in [1.165, 1.54) is 5.56 Å². The highest BCUT2D eigenvalue weighted by Crippen LogP contribution is 2.31. The van der Waals surface area contributed by atoms with Gasteiger partial charge in [0.25, 0.3) is 0 Å². The number of aldehydes is 1. The molecule has 0 spiro atoms. The zero-order valence-electron chi connectivity index (χ0n) is 12.3. The molecule has 0 aliphatic rings. The molecule has 2 aromatic carbocycles. The van der Waals surface area contributed by atoms with Crippen molar-refractivity contribution in [3.63, 3.8) is 0 Å². The molecule has 0 saturated carbocycles. The Labute approximate surface area is 134 Å². The van der Waals surface area contributed by atoms with Crippen LogP contribution in [0.25, 0.3) is 10.4 Å². The van der Waals surface area contributed by atoms with E-state index in [4.69, 9.17) is 4.74 Å². The summed E-state index contributed by atoms with van der Waals surface area (Å²) in [4.78, 5) is 12.5. The van der Waals surface area contributed by atoms with E-state index >= 15 is 0 Å². The summed E-state index contributed by atoms with van der Waals surface area (Å²) in [6.45, 7) is 2.55. The van der Waals surface area contributed by atoms with Crippen molar-refractivity contribution in [2.24, 2.45) is 0 Å². The smallest absolute Gasteiger partial charge is 0.150 e. The Morgan fingerprint density at radius 2 is 1.91 bits per heavy atom. The molecule has 2 nitrogen and oxygen atoms in total. The van der Waals surface area contributed by atoms with Crippen molar-refractivity contribution in [3.8, 4) is 16.2 Å². The first-order valence-electron chi connectivity index (χ1n) is 7.08. The number of hydrogen-bond donors (Lipinski definition) is 0. The monoisotopic (exact) mass is 308 g/mol. The van der Waals surface area contributed by atoms with Crippen LogP contribution < -0.4 is 4.74 Å². The molecule has 0 atom stereocenters. The molecule has 3 aromatic rings. The molecule has 3 rings (SSSR count). The standard InChI is InChI=1S/C19H16O2S/c1-14-9-19(22-13-14)18-8-7-17(10-16(18)11-20)21-12-15-5-3-2-4-6-15/h2-11,13H,12H2,1H3. The summed E-state index contributed by atoms with van der Waals surface area (Å²) >= 11 is 1.65. The maximum atomic E-state index is 11.4. The minimum absolute atomic E-state index is 0.497. The van der Waals surface area contributed by atoms with Crippen LogP contribution in [-0.4, -0.2) is 6.29 Å². The van der Waals surface area contributed by atoms with Crippen molar-refractivity contribution in [1.29, 1.82) is 0 Å². The number of thiophene rings is 1. The summed E-state index contributed by atoms with van der Waals surface area (Å²) in [5.74, 6) is 0.711. The third-order valence-corrected chi connectivity index (χ3v) is 4.48. The van der Waals surface area contributed by atoms with Gasteiger partial charge in [-0.25, -0.2) is 0 Å². The zero-order chi connectivity index (χ0) is 15.4. The molecule has 0 saturated heterocycles. The molecular formula is C19H16O2S. The average Bonchev–Trinajstić information content (AvgIpc) is 3.00. The summed E-state index contributed by atoms with van der Waals surface area (Å²) < 4.78 is 5.78. The van der Waals surface area contributed by atoms with E-state index in [1.807, 2.05) is 42.5 Å². The van der Waals surface area contributed by atoms with E-state index in [2.05, 4.69) is 18.4 Å². The first-order valence-corrected chi connectivity index (χ1v) is 7.95. The Hall–Kier alpha value is -2.39. The van der Waals surface area contributed by atoms with Gasteiger partial charge in [-0.3, -0.25) is 4.79 Å². The summed E-state index contributed by atoms with van der Waals surface area (Å²) in [5.41, 5.74) is 3.93. The van der Waals surface area contributed by atoms with Crippen molar-refractivity contribution in [2.75, 3.05) is 0 Å². The molecule has 1 heterocycles. The predicted octanol–water partition coefficient (Wildman–Crippen LogP) is 5.12. The van der Waals surface area contributed by atoms with Crippen LogP contribution in [0.5, 0.6) is 5.75 Å². The van der Waals surface area contributed by atoms with Crippen LogP contribution in [0.4, 0.5) is 0 Å². The fourth-order valence-electron chi connectivity index (χ4n) is 2.27. The van der Waals surface area contributed by atoms with Crippen LogP contribution in [0.1, 0.15) is 21.5 Å². The van der Waals surface area contributed by atoms with Gasteiger partial charge in [0, 0.05) is 16.0 Å². The van der Waals surface area contributed by atoms with Gasteiger partial charge >= 0.3 is 0 Å². The summed E-state index contributed by atoms with van der Waals surface area (Å²) in [6.07, 6.45) is 0.889. The van der Waals surface area contributed by atoms with Crippen molar-refractivity contribution in [1.82, 2.24) is 0 Å². The number of rotatable bonds is 5. The van der Waals surface area contributed by atoms with E-state index in [-0.39, 0.29) is 0 Å². The fraction of sp³-hybridized carbons (Fsp3) is 0.105. The van der Waals surface area contributed by atoms with E-state index in [0.29, 0.717) is 17.9 Å². The van der Waals surface area contributed by atoms with Gasteiger partial charge < -0.3 is 4.74 Å². The van der Waals surface area contributed by atoms with Gasteiger partial charge in [0.05, 0.1) is 0 Å². The van der Waals surface area contributed by atoms with Crippen LogP contribution in [-0.2, 0) is 6.61 Å². The lowest BCUT2D eigenvalue weighted by Gasteiger charge is -2.09. The van der Waals surface area contributed by atoms with Crippen molar-refractivity contribution in [3.05, 3.63) is 76.7 Å². The van der Waals surface area contributed by atoms with Crippen molar-refractivity contribution < 1.29 is 9.53 Å². The quantitative estimate of drug-likeness (QED) is 0.612. The zero-order valence-corrected chi connectivity index (χ0v) is 13.1. The summed E-state index contributed by atoms with van der Waals surface area (Å²) in [5, 5.41) is 2.09. The average molecular weight is 308 g/mol. The third kappa shape index (κ3) is 3.26. The lowest BCUT2D eigenvalue weighted by Crippen LogP contribution is -1.96. The van der Waals surface area contributed by atoms with Crippen LogP contribution in [0.2, 0.25) is 0 Å². The SMILES string of the molecule is Cc1csc(-c2ccc(OCc3ccccc3)cc2C=O)c1. The Balaban J connectivity index is 1.81. The molecule has 0 N–H and O–H groups in total. The minimum atomic E-state index is 0.497. The molecule has 0 aliphatic carbocycles. The van der Waals surface area contributed by atoms with Gasteiger partial charge in [-0.1, -0.05) is 30.3 Å². The van der Waals surface area contributed by atoms with Crippen LogP contribution in [0, 0.1) is 6.92 Å². The predicted molar refractivity (Wildman–Crippen MR) is 90.7 cm³/mol. The lowest BCUT2D eigenvalue weighted by atomic mass is 10.1. The number of aryl methyl sites for hydroxylation is 1.